The van der Waals surface area contributed by atoms with Gasteiger partial charge in [0.25, 0.3) is 0 Å². The highest BCUT2D eigenvalue weighted by molar-refractivity contribution is 5.99. The van der Waals surface area contributed by atoms with E-state index in [1.165, 1.54) is 21.3 Å². The summed E-state index contributed by atoms with van der Waals surface area (Å²) in [6, 6.07) is 8.79. The number of rotatable bonds is 8. The first kappa shape index (κ1) is 21.2. The van der Waals surface area contributed by atoms with Gasteiger partial charge in [-0.25, -0.2) is 0 Å². The van der Waals surface area contributed by atoms with Crippen LogP contribution in [0.2, 0.25) is 0 Å². The molecule has 7 nitrogen and oxygen atoms in total. The van der Waals surface area contributed by atoms with E-state index in [1.807, 2.05) is 19.9 Å². The van der Waals surface area contributed by atoms with Crippen LogP contribution >= 0.6 is 0 Å². The highest BCUT2D eigenvalue weighted by Gasteiger charge is 2.31. The SMILES string of the molecule is COc1ccc(C(C)(C)C(=O)Nc2cc(OC)c(OC)c(OC)c2)cc1OC. The number of amides is 1. The number of hydrogen-bond donors (Lipinski definition) is 1. The van der Waals surface area contributed by atoms with Gasteiger partial charge in [-0.05, 0) is 31.5 Å². The van der Waals surface area contributed by atoms with Crippen LogP contribution in [-0.4, -0.2) is 41.5 Å². The van der Waals surface area contributed by atoms with Crippen molar-refractivity contribution in [3.05, 3.63) is 35.9 Å². The van der Waals surface area contributed by atoms with E-state index in [0.717, 1.165) is 5.56 Å². The summed E-state index contributed by atoms with van der Waals surface area (Å²) in [6.07, 6.45) is 0. The molecule has 0 aliphatic carbocycles. The predicted octanol–water partition coefficient (Wildman–Crippen LogP) is 3.65. The summed E-state index contributed by atoms with van der Waals surface area (Å²) in [7, 11) is 7.70. The van der Waals surface area contributed by atoms with Crippen LogP contribution in [-0.2, 0) is 10.2 Å². The Morgan fingerprint density at radius 2 is 1.29 bits per heavy atom. The van der Waals surface area contributed by atoms with E-state index in [4.69, 9.17) is 23.7 Å². The molecule has 2 aromatic carbocycles. The Kier molecular flexibility index (Phi) is 6.62. The van der Waals surface area contributed by atoms with Crippen molar-refractivity contribution in [3.63, 3.8) is 0 Å². The molecule has 0 aliphatic heterocycles. The molecule has 0 spiro atoms. The van der Waals surface area contributed by atoms with E-state index < -0.39 is 5.41 Å². The minimum Gasteiger partial charge on any atom is -0.493 e. The first-order chi connectivity index (χ1) is 13.3. The molecule has 152 valence electrons. The Hall–Kier alpha value is -3.09. The van der Waals surface area contributed by atoms with Crippen molar-refractivity contribution in [3.8, 4) is 28.7 Å². The molecule has 0 radical (unpaired) electrons. The third-order valence-corrected chi connectivity index (χ3v) is 4.60. The van der Waals surface area contributed by atoms with E-state index in [2.05, 4.69) is 5.32 Å². The van der Waals surface area contributed by atoms with Crippen LogP contribution in [0.15, 0.2) is 30.3 Å². The fourth-order valence-corrected chi connectivity index (χ4v) is 2.80. The monoisotopic (exact) mass is 389 g/mol. The van der Waals surface area contributed by atoms with Crippen LogP contribution in [0.1, 0.15) is 19.4 Å². The van der Waals surface area contributed by atoms with E-state index in [0.29, 0.717) is 34.4 Å². The van der Waals surface area contributed by atoms with E-state index in [9.17, 15) is 4.79 Å². The van der Waals surface area contributed by atoms with Crippen LogP contribution in [0.4, 0.5) is 5.69 Å². The number of nitrogens with one attached hydrogen (secondary N) is 1. The predicted molar refractivity (Wildman–Crippen MR) is 107 cm³/mol. The van der Waals surface area contributed by atoms with E-state index >= 15 is 0 Å². The Balaban J connectivity index is 2.35. The molecule has 0 saturated carbocycles. The molecule has 0 bridgehead atoms. The van der Waals surface area contributed by atoms with Gasteiger partial charge in [0.1, 0.15) is 0 Å². The van der Waals surface area contributed by atoms with Gasteiger partial charge in [0, 0.05) is 17.8 Å². The molecule has 0 aliphatic rings. The zero-order valence-electron chi connectivity index (χ0n) is 17.3. The molecule has 1 N–H and O–H groups in total. The van der Waals surface area contributed by atoms with E-state index in [1.54, 1.807) is 38.5 Å². The fourth-order valence-electron chi connectivity index (χ4n) is 2.80. The molecule has 0 fully saturated rings. The fraction of sp³-hybridized carbons (Fsp3) is 0.381. The van der Waals surface area contributed by atoms with Gasteiger partial charge >= 0.3 is 0 Å². The number of hydrogen-bond acceptors (Lipinski definition) is 6. The minimum atomic E-state index is -0.833. The summed E-state index contributed by atoms with van der Waals surface area (Å²) in [5.41, 5.74) is 0.489. The molecule has 2 aromatic rings. The van der Waals surface area contributed by atoms with Crippen molar-refractivity contribution >= 4 is 11.6 Å². The summed E-state index contributed by atoms with van der Waals surface area (Å²) in [4.78, 5) is 13.0. The maximum atomic E-state index is 13.0. The molecule has 0 aromatic heterocycles. The lowest BCUT2D eigenvalue weighted by Gasteiger charge is -2.25. The molecular formula is C21H27NO6. The Morgan fingerprint density at radius 3 is 1.75 bits per heavy atom. The first-order valence-corrected chi connectivity index (χ1v) is 8.66. The minimum absolute atomic E-state index is 0.200. The zero-order chi connectivity index (χ0) is 20.9. The summed E-state index contributed by atoms with van der Waals surface area (Å²) in [5, 5.41) is 2.92. The second kappa shape index (κ2) is 8.73. The van der Waals surface area contributed by atoms with Gasteiger partial charge in [0.15, 0.2) is 23.0 Å². The lowest BCUT2D eigenvalue weighted by atomic mass is 9.83. The van der Waals surface area contributed by atoms with Gasteiger partial charge in [-0.3, -0.25) is 4.79 Å². The zero-order valence-corrected chi connectivity index (χ0v) is 17.3. The van der Waals surface area contributed by atoms with Gasteiger partial charge in [-0.2, -0.15) is 0 Å². The number of methoxy groups -OCH3 is 5. The Morgan fingerprint density at radius 1 is 0.750 bits per heavy atom. The van der Waals surface area contributed by atoms with E-state index in [-0.39, 0.29) is 5.91 Å². The number of anilines is 1. The third-order valence-electron chi connectivity index (χ3n) is 4.60. The Labute approximate surface area is 165 Å². The van der Waals surface area contributed by atoms with Gasteiger partial charge in [-0.1, -0.05) is 6.07 Å². The smallest absolute Gasteiger partial charge is 0.234 e. The second-order valence-corrected chi connectivity index (χ2v) is 6.56. The molecule has 7 heteroatoms. The summed E-state index contributed by atoms with van der Waals surface area (Å²) in [5.74, 6) is 2.35. The second-order valence-electron chi connectivity index (χ2n) is 6.56. The van der Waals surface area contributed by atoms with Crippen molar-refractivity contribution < 1.29 is 28.5 Å². The number of benzene rings is 2. The first-order valence-electron chi connectivity index (χ1n) is 8.66. The van der Waals surface area contributed by atoms with Crippen LogP contribution in [0.5, 0.6) is 28.7 Å². The molecule has 1 amide bonds. The average Bonchev–Trinajstić information content (AvgIpc) is 2.71. The molecule has 0 unspecified atom stereocenters. The summed E-state index contributed by atoms with van der Waals surface area (Å²) in [6.45, 7) is 3.67. The number of carbonyl (C=O) groups is 1. The molecule has 0 atom stereocenters. The average molecular weight is 389 g/mol. The van der Waals surface area contributed by atoms with Crippen LogP contribution in [0.25, 0.3) is 0 Å². The van der Waals surface area contributed by atoms with Crippen LogP contribution < -0.4 is 29.0 Å². The number of ether oxygens (including phenoxy) is 5. The van der Waals surface area contributed by atoms with Crippen molar-refractivity contribution in [2.24, 2.45) is 0 Å². The summed E-state index contributed by atoms with van der Waals surface area (Å²) < 4.78 is 26.6. The van der Waals surface area contributed by atoms with Crippen LogP contribution in [0, 0.1) is 0 Å². The van der Waals surface area contributed by atoms with Gasteiger partial charge < -0.3 is 29.0 Å². The summed E-state index contributed by atoms with van der Waals surface area (Å²) >= 11 is 0. The van der Waals surface area contributed by atoms with Gasteiger partial charge in [0.05, 0.1) is 41.0 Å². The maximum absolute atomic E-state index is 13.0. The molecule has 0 heterocycles. The molecule has 28 heavy (non-hydrogen) atoms. The molecule has 2 rings (SSSR count). The molecule has 0 saturated heterocycles. The standard InChI is InChI=1S/C21H27NO6/c1-21(2,13-8-9-15(24-3)16(10-13)25-4)20(23)22-14-11-17(26-5)19(28-7)18(12-14)27-6/h8-12H,1-7H3,(H,22,23). The van der Waals surface area contributed by atoms with Crippen molar-refractivity contribution in [2.45, 2.75) is 19.3 Å². The third kappa shape index (κ3) is 4.08. The molecular weight excluding hydrogens is 362 g/mol. The number of carbonyl (C=O) groups excluding carboxylic acids is 1. The quantitative estimate of drug-likeness (QED) is 0.743. The maximum Gasteiger partial charge on any atom is 0.234 e. The van der Waals surface area contributed by atoms with Crippen molar-refractivity contribution in [1.29, 1.82) is 0 Å². The highest BCUT2D eigenvalue weighted by Crippen LogP contribution is 2.40. The normalized spacial score (nSPS) is 10.8. The van der Waals surface area contributed by atoms with Gasteiger partial charge in [-0.15, -0.1) is 0 Å². The van der Waals surface area contributed by atoms with Crippen LogP contribution in [0.3, 0.4) is 0 Å². The highest BCUT2D eigenvalue weighted by atomic mass is 16.5. The van der Waals surface area contributed by atoms with Crippen molar-refractivity contribution in [2.75, 3.05) is 40.9 Å². The van der Waals surface area contributed by atoms with Crippen molar-refractivity contribution in [1.82, 2.24) is 0 Å². The lowest BCUT2D eigenvalue weighted by Crippen LogP contribution is -2.34. The topological polar surface area (TPSA) is 75.3 Å². The lowest BCUT2D eigenvalue weighted by molar-refractivity contribution is -0.120. The van der Waals surface area contributed by atoms with Gasteiger partial charge in [0.2, 0.25) is 11.7 Å². The largest absolute Gasteiger partial charge is 0.493 e. The Bertz CT molecular complexity index is 822.